The molecule has 0 bridgehead atoms. The molecule has 1 atom stereocenters. The molecule has 0 amide bonds. The number of likely N-dealkylation sites (N-methyl/N-ethyl adjacent to an activating group) is 1. The van der Waals surface area contributed by atoms with Crippen molar-refractivity contribution < 1.29 is 0 Å². The molecule has 1 rings (SSSR count). The van der Waals surface area contributed by atoms with Crippen molar-refractivity contribution in [3.05, 3.63) is 0 Å². The predicted octanol–water partition coefficient (Wildman–Crippen LogP) is 0.688. The molecule has 1 aliphatic heterocycles. The monoisotopic (exact) mass is 142 g/mol. The molecular weight excluding hydrogens is 124 g/mol. The van der Waals surface area contributed by atoms with E-state index in [-0.39, 0.29) is 0 Å². The van der Waals surface area contributed by atoms with Crippen LogP contribution < -0.4 is 5.32 Å². The van der Waals surface area contributed by atoms with E-state index in [4.69, 9.17) is 0 Å². The van der Waals surface area contributed by atoms with E-state index in [9.17, 15) is 0 Å². The van der Waals surface area contributed by atoms with Crippen molar-refractivity contribution in [1.29, 1.82) is 0 Å². The second-order valence-corrected chi connectivity index (χ2v) is 3.57. The maximum Gasteiger partial charge on any atom is 0.0209 e. The molecule has 0 aromatic heterocycles. The minimum Gasteiger partial charge on any atom is -0.310 e. The molecule has 0 saturated carbocycles. The molecule has 0 aromatic carbocycles. The molecule has 2 nitrogen and oxygen atoms in total. The highest BCUT2D eigenvalue weighted by atomic mass is 15.2. The van der Waals surface area contributed by atoms with E-state index >= 15 is 0 Å². The number of nitrogens with zero attached hydrogens (tertiary/aromatic N) is 1. The van der Waals surface area contributed by atoms with Crippen LogP contribution in [0.25, 0.3) is 0 Å². The lowest BCUT2D eigenvalue weighted by Gasteiger charge is -2.15. The van der Waals surface area contributed by atoms with Crippen LogP contribution in [0.5, 0.6) is 0 Å². The molecule has 2 heteroatoms. The van der Waals surface area contributed by atoms with Gasteiger partial charge >= 0.3 is 0 Å². The maximum atomic E-state index is 3.53. The highest BCUT2D eigenvalue weighted by Crippen LogP contribution is 2.06. The van der Waals surface area contributed by atoms with Gasteiger partial charge in [0.15, 0.2) is 0 Å². The van der Waals surface area contributed by atoms with Gasteiger partial charge in [-0.2, -0.15) is 0 Å². The molecule has 0 spiro atoms. The largest absolute Gasteiger partial charge is 0.310 e. The van der Waals surface area contributed by atoms with Crippen LogP contribution in [0.3, 0.4) is 0 Å². The number of rotatable bonds is 2. The summed E-state index contributed by atoms with van der Waals surface area (Å²) in [6, 6.07) is 1.38. The lowest BCUT2D eigenvalue weighted by atomic mass is 10.2. The Morgan fingerprint density at radius 3 is 2.60 bits per heavy atom. The number of nitrogens with one attached hydrogen (secondary N) is 1. The summed E-state index contributed by atoms with van der Waals surface area (Å²) < 4.78 is 0. The fourth-order valence-corrected chi connectivity index (χ4v) is 1.54. The molecule has 0 aromatic rings. The van der Waals surface area contributed by atoms with Gasteiger partial charge in [-0.15, -0.1) is 0 Å². The third-order valence-electron chi connectivity index (χ3n) is 1.96. The first-order chi connectivity index (χ1) is 4.68. The van der Waals surface area contributed by atoms with Gasteiger partial charge in [0.1, 0.15) is 0 Å². The molecule has 1 N–H and O–H groups in total. The zero-order valence-electron chi connectivity index (χ0n) is 7.22. The van der Waals surface area contributed by atoms with E-state index in [1.54, 1.807) is 0 Å². The van der Waals surface area contributed by atoms with Crippen LogP contribution in [-0.4, -0.2) is 37.1 Å². The van der Waals surface area contributed by atoms with Crippen molar-refractivity contribution in [1.82, 2.24) is 10.2 Å². The Balaban J connectivity index is 2.18. The molecule has 1 fully saturated rings. The van der Waals surface area contributed by atoms with Gasteiger partial charge in [-0.25, -0.2) is 0 Å². The maximum absolute atomic E-state index is 3.53. The molecule has 60 valence electrons. The van der Waals surface area contributed by atoms with Crippen molar-refractivity contribution in [3.8, 4) is 0 Å². The summed E-state index contributed by atoms with van der Waals surface area (Å²) in [5.41, 5.74) is 0. The Hall–Kier alpha value is -0.0800. The van der Waals surface area contributed by atoms with Gasteiger partial charge in [-0.1, -0.05) is 13.8 Å². The van der Waals surface area contributed by atoms with E-state index in [1.165, 1.54) is 19.5 Å². The summed E-state index contributed by atoms with van der Waals surface area (Å²) >= 11 is 0. The van der Waals surface area contributed by atoms with Crippen molar-refractivity contribution >= 4 is 0 Å². The average Bonchev–Trinajstić information content (AvgIpc) is 2.13. The van der Waals surface area contributed by atoms with E-state index < -0.39 is 0 Å². The highest BCUT2D eigenvalue weighted by molar-refractivity contribution is 4.79. The summed E-state index contributed by atoms with van der Waals surface area (Å²) in [6.07, 6.45) is 1.31. The van der Waals surface area contributed by atoms with Crippen LogP contribution in [0, 0.1) is 0 Å². The Kier molecular flexibility index (Phi) is 2.69. The van der Waals surface area contributed by atoms with Crippen molar-refractivity contribution in [3.63, 3.8) is 0 Å². The van der Waals surface area contributed by atoms with Crippen LogP contribution in [0.2, 0.25) is 0 Å². The van der Waals surface area contributed by atoms with Gasteiger partial charge in [0.2, 0.25) is 0 Å². The molecule has 1 saturated heterocycles. The number of hydrogen-bond acceptors (Lipinski definition) is 2. The lowest BCUT2D eigenvalue weighted by molar-refractivity contribution is 0.389. The van der Waals surface area contributed by atoms with Gasteiger partial charge in [0, 0.05) is 18.6 Å². The molecule has 10 heavy (non-hydrogen) atoms. The average molecular weight is 142 g/mol. The zero-order chi connectivity index (χ0) is 7.56. The third-order valence-corrected chi connectivity index (χ3v) is 1.96. The zero-order valence-corrected chi connectivity index (χ0v) is 7.22. The van der Waals surface area contributed by atoms with E-state index in [2.05, 4.69) is 31.1 Å². The molecule has 0 unspecified atom stereocenters. The summed E-state index contributed by atoms with van der Waals surface area (Å²) in [6.45, 7) is 6.89. The van der Waals surface area contributed by atoms with Crippen LogP contribution >= 0.6 is 0 Å². The van der Waals surface area contributed by atoms with Crippen LogP contribution in [-0.2, 0) is 0 Å². The summed E-state index contributed by atoms with van der Waals surface area (Å²) in [5.74, 6) is 0. The fourth-order valence-electron chi connectivity index (χ4n) is 1.54. The van der Waals surface area contributed by atoms with Crippen molar-refractivity contribution in [2.24, 2.45) is 0 Å². The van der Waals surface area contributed by atoms with Crippen LogP contribution in [0.15, 0.2) is 0 Å². The first-order valence-electron chi connectivity index (χ1n) is 4.13. The van der Waals surface area contributed by atoms with Crippen LogP contribution in [0.4, 0.5) is 0 Å². The normalized spacial score (nSPS) is 28.2. The van der Waals surface area contributed by atoms with Crippen molar-refractivity contribution in [2.75, 3.05) is 20.1 Å². The molecular formula is C8H18N2. The fraction of sp³-hybridized carbons (Fsp3) is 1.00. The molecule has 1 aliphatic rings. The van der Waals surface area contributed by atoms with E-state index in [0.717, 1.165) is 6.04 Å². The minimum atomic E-state index is 0.636. The third kappa shape index (κ3) is 2.27. The number of hydrogen-bond donors (Lipinski definition) is 1. The van der Waals surface area contributed by atoms with Gasteiger partial charge in [-0.05, 0) is 20.0 Å². The predicted molar refractivity (Wildman–Crippen MR) is 44.2 cm³/mol. The lowest BCUT2D eigenvalue weighted by Crippen LogP contribution is -2.36. The molecule has 0 aliphatic carbocycles. The van der Waals surface area contributed by atoms with Gasteiger partial charge in [-0.3, -0.25) is 0 Å². The molecule has 0 radical (unpaired) electrons. The highest BCUT2D eigenvalue weighted by Gasteiger charge is 2.18. The van der Waals surface area contributed by atoms with Gasteiger partial charge in [0.05, 0.1) is 0 Å². The summed E-state index contributed by atoms with van der Waals surface area (Å²) in [5, 5.41) is 3.53. The van der Waals surface area contributed by atoms with Crippen molar-refractivity contribution in [2.45, 2.75) is 32.4 Å². The second kappa shape index (κ2) is 3.35. The smallest absolute Gasteiger partial charge is 0.0209 e. The Labute approximate surface area is 63.6 Å². The SMILES string of the molecule is CC(C)N[C@@H]1CCN(C)C1. The van der Waals surface area contributed by atoms with Gasteiger partial charge in [0.25, 0.3) is 0 Å². The summed E-state index contributed by atoms with van der Waals surface area (Å²) in [7, 11) is 2.18. The quantitative estimate of drug-likeness (QED) is 0.610. The minimum absolute atomic E-state index is 0.636. The Morgan fingerprint density at radius 1 is 1.50 bits per heavy atom. The first-order valence-corrected chi connectivity index (χ1v) is 4.13. The van der Waals surface area contributed by atoms with Crippen LogP contribution in [0.1, 0.15) is 20.3 Å². The van der Waals surface area contributed by atoms with E-state index in [0.29, 0.717) is 6.04 Å². The van der Waals surface area contributed by atoms with Gasteiger partial charge < -0.3 is 10.2 Å². The standard InChI is InChI=1S/C8H18N2/c1-7(2)9-8-4-5-10(3)6-8/h7-9H,4-6H2,1-3H3/t8-/m1/s1. The Morgan fingerprint density at radius 2 is 2.20 bits per heavy atom. The first kappa shape index (κ1) is 8.02. The topological polar surface area (TPSA) is 15.3 Å². The second-order valence-electron chi connectivity index (χ2n) is 3.57. The van der Waals surface area contributed by atoms with E-state index in [1.807, 2.05) is 0 Å². The number of likely N-dealkylation sites (tertiary alicyclic amines) is 1. The Bertz CT molecular complexity index is 101. The molecule has 1 heterocycles. The summed E-state index contributed by atoms with van der Waals surface area (Å²) in [4.78, 5) is 2.38.